The number of carboxylic acid groups (broad SMARTS) is 1. The lowest BCUT2D eigenvalue weighted by molar-refractivity contribution is -0.147. The van der Waals surface area contributed by atoms with E-state index in [4.69, 9.17) is 5.11 Å². The molecule has 4 nitrogen and oxygen atoms in total. The van der Waals surface area contributed by atoms with Crippen LogP contribution in [0.1, 0.15) is 35.9 Å². The highest BCUT2D eigenvalue weighted by atomic mass is 19.4. The average Bonchev–Trinajstić information content (AvgIpc) is 2.98. The van der Waals surface area contributed by atoms with Gasteiger partial charge in [-0.2, -0.15) is 13.2 Å². The Morgan fingerprint density at radius 2 is 2.10 bits per heavy atom. The van der Waals surface area contributed by atoms with Gasteiger partial charge in [0.05, 0.1) is 16.6 Å². The maximum atomic E-state index is 13.1. The van der Waals surface area contributed by atoms with Crippen LogP contribution >= 0.6 is 0 Å². The van der Waals surface area contributed by atoms with Gasteiger partial charge in [-0.3, -0.25) is 0 Å². The summed E-state index contributed by atoms with van der Waals surface area (Å²) in [6.07, 6.45) is -2.79. The number of rotatable bonds is 3. The topological polar surface area (TPSA) is 55.1 Å². The molecule has 0 atom stereocenters. The summed E-state index contributed by atoms with van der Waals surface area (Å²) in [5.74, 6) is -2.15. The quantitative estimate of drug-likeness (QED) is 0.942. The summed E-state index contributed by atoms with van der Waals surface area (Å²) in [5, 5.41) is 8.92. The second-order valence-corrected chi connectivity index (χ2v) is 5.84. The first-order valence-electron chi connectivity index (χ1n) is 6.50. The molecule has 0 amide bonds. The van der Waals surface area contributed by atoms with Crippen LogP contribution in [0, 0.1) is 5.41 Å². The van der Waals surface area contributed by atoms with Gasteiger partial charge < -0.3 is 9.67 Å². The van der Waals surface area contributed by atoms with Crippen molar-refractivity contribution in [2.24, 2.45) is 5.41 Å². The highest BCUT2D eigenvalue weighted by Gasteiger charge is 2.43. The molecule has 1 aliphatic rings. The summed E-state index contributed by atoms with van der Waals surface area (Å²) >= 11 is 0. The Kier molecular flexibility index (Phi) is 2.80. The van der Waals surface area contributed by atoms with E-state index < -0.39 is 18.0 Å². The molecule has 21 heavy (non-hydrogen) atoms. The molecular formula is C14H13F3N2O2. The predicted octanol–water partition coefficient (Wildman–Crippen LogP) is 3.55. The molecule has 1 aliphatic carbocycles. The van der Waals surface area contributed by atoms with Crippen molar-refractivity contribution in [1.82, 2.24) is 9.55 Å². The van der Waals surface area contributed by atoms with Crippen LogP contribution in [0.3, 0.4) is 0 Å². The van der Waals surface area contributed by atoms with E-state index in [0.29, 0.717) is 5.52 Å². The van der Waals surface area contributed by atoms with E-state index >= 15 is 0 Å². The summed E-state index contributed by atoms with van der Waals surface area (Å²) in [4.78, 5) is 14.5. The number of halogens is 3. The Labute approximate surface area is 118 Å². The molecule has 3 rings (SSSR count). The van der Waals surface area contributed by atoms with Gasteiger partial charge in [0.2, 0.25) is 5.82 Å². The Morgan fingerprint density at radius 1 is 1.43 bits per heavy atom. The molecule has 0 bridgehead atoms. The van der Waals surface area contributed by atoms with E-state index in [2.05, 4.69) is 4.98 Å². The van der Waals surface area contributed by atoms with Crippen LogP contribution in [0.4, 0.5) is 13.2 Å². The number of alkyl halides is 3. The van der Waals surface area contributed by atoms with Gasteiger partial charge in [-0.15, -0.1) is 0 Å². The Bertz CT molecular complexity index is 730. The number of carbonyl (C=O) groups is 1. The highest BCUT2D eigenvalue weighted by molar-refractivity contribution is 5.92. The normalized spacial score (nSPS) is 17.1. The van der Waals surface area contributed by atoms with Crippen LogP contribution in [0.2, 0.25) is 0 Å². The lowest BCUT2D eigenvalue weighted by Gasteiger charge is -2.15. The van der Waals surface area contributed by atoms with Crippen molar-refractivity contribution in [3.05, 3.63) is 29.6 Å². The van der Waals surface area contributed by atoms with Crippen molar-refractivity contribution < 1.29 is 23.1 Å². The number of benzene rings is 1. The minimum Gasteiger partial charge on any atom is -0.478 e. The number of nitrogens with zero attached hydrogens (tertiary/aromatic N) is 2. The summed E-state index contributed by atoms with van der Waals surface area (Å²) < 4.78 is 40.6. The van der Waals surface area contributed by atoms with Crippen LogP contribution in [0.5, 0.6) is 0 Å². The number of hydrogen-bond donors (Lipinski definition) is 1. The first kappa shape index (κ1) is 13.9. The zero-order valence-electron chi connectivity index (χ0n) is 11.2. The second kappa shape index (κ2) is 4.22. The standard InChI is InChI=1S/C14H13F3N2O2/c1-13(4-5-13)7-19-10-3-2-8(11(20)21)6-9(10)18-12(19)14(15,16)17/h2-3,6H,4-5,7H2,1H3,(H,20,21). The number of aromatic nitrogens is 2. The van der Waals surface area contributed by atoms with Crippen molar-refractivity contribution in [2.45, 2.75) is 32.5 Å². The number of imidazole rings is 1. The number of fused-ring (bicyclic) bond motifs is 1. The molecule has 1 fully saturated rings. The zero-order chi connectivity index (χ0) is 15.4. The highest BCUT2D eigenvalue weighted by Crippen LogP contribution is 2.47. The molecule has 0 spiro atoms. The molecule has 1 aromatic heterocycles. The molecule has 7 heteroatoms. The third kappa shape index (κ3) is 2.48. The maximum Gasteiger partial charge on any atom is 0.449 e. The van der Waals surface area contributed by atoms with Gasteiger partial charge in [0.25, 0.3) is 0 Å². The number of aromatic carboxylic acids is 1. The Balaban J connectivity index is 2.18. The van der Waals surface area contributed by atoms with Crippen LogP contribution in [0.15, 0.2) is 18.2 Å². The first-order valence-corrected chi connectivity index (χ1v) is 6.50. The average molecular weight is 298 g/mol. The molecule has 2 aromatic rings. The smallest absolute Gasteiger partial charge is 0.449 e. The van der Waals surface area contributed by atoms with E-state index in [-0.39, 0.29) is 23.0 Å². The summed E-state index contributed by atoms with van der Waals surface area (Å²) in [6, 6.07) is 3.88. The van der Waals surface area contributed by atoms with Crippen LogP contribution < -0.4 is 0 Å². The monoisotopic (exact) mass is 298 g/mol. The summed E-state index contributed by atoms with van der Waals surface area (Å²) in [7, 11) is 0. The second-order valence-electron chi connectivity index (χ2n) is 5.84. The first-order chi connectivity index (χ1) is 9.70. The Hall–Kier alpha value is -2.05. The van der Waals surface area contributed by atoms with Gasteiger partial charge in [-0.1, -0.05) is 6.92 Å². The van der Waals surface area contributed by atoms with E-state index in [0.717, 1.165) is 17.4 Å². The summed E-state index contributed by atoms with van der Waals surface area (Å²) in [5.41, 5.74) is 0.185. The largest absolute Gasteiger partial charge is 0.478 e. The molecule has 112 valence electrons. The van der Waals surface area contributed by atoms with Crippen molar-refractivity contribution in [3.8, 4) is 0 Å². The molecule has 0 saturated heterocycles. The molecule has 1 N–H and O–H groups in total. The van der Waals surface area contributed by atoms with Crippen molar-refractivity contribution in [2.75, 3.05) is 0 Å². The SMILES string of the molecule is CC1(Cn2c(C(F)(F)F)nc3cc(C(=O)O)ccc32)CC1. The molecule has 1 saturated carbocycles. The van der Waals surface area contributed by atoms with Crippen LogP contribution in [-0.2, 0) is 12.7 Å². The predicted molar refractivity (Wildman–Crippen MR) is 69.0 cm³/mol. The third-order valence-corrected chi connectivity index (χ3v) is 3.89. The number of hydrogen-bond acceptors (Lipinski definition) is 2. The maximum absolute atomic E-state index is 13.1. The van der Waals surface area contributed by atoms with Gasteiger partial charge in [-0.25, -0.2) is 9.78 Å². The van der Waals surface area contributed by atoms with E-state index in [1.807, 2.05) is 6.92 Å². The van der Waals surface area contributed by atoms with Gasteiger partial charge in [0.15, 0.2) is 0 Å². The third-order valence-electron chi connectivity index (χ3n) is 3.89. The molecular weight excluding hydrogens is 285 g/mol. The van der Waals surface area contributed by atoms with Crippen molar-refractivity contribution in [3.63, 3.8) is 0 Å². The minimum absolute atomic E-state index is 0.0616. The Morgan fingerprint density at radius 3 is 2.62 bits per heavy atom. The van der Waals surface area contributed by atoms with Crippen molar-refractivity contribution in [1.29, 1.82) is 0 Å². The van der Waals surface area contributed by atoms with Gasteiger partial charge in [0, 0.05) is 6.54 Å². The minimum atomic E-state index is -4.56. The van der Waals surface area contributed by atoms with E-state index in [9.17, 15) is 18.0 Å². The summed E-state index contributed by atoms with van der Waals surface area (Å²) in [6.45, 7) is 2.18. The van der Waals surface area contributed by atoms with E-state index in [1.54, 1.807) is 0 Å². The fourth-order valence-electron chi connectivity index (χ4n) is 2.39. The van der Waals surface area contributed by atoms with Crippen LogP contribution in [-0.4, -0.2) is 20.6 Å². The molecule has 1 aromatic carbocycles. The number of carboxylic acids is 1. The lowest BCUT2D eigenvalue weighted by atomic mass is 10.1. The van der Waals surface area contributed by atoms with Gasteiger partial charge in [-0.05, 0) is 36.5 Å². The van der Waals surface area contributed by atoms with Crippen molar-refractivity contribution >= 4 is 17.0 Å². The molecule has 1 heterocycles. The van der Waals surface area contributed by atoms with Crippen LogP contribution in [0.25, 0.3) is 11.0 Å². The molecule has 0 unspecified atom stereocenters. The van der Waals surface area contributed by atoms with Gasteiger partial charge >= 0.3 is 12.1 Å². The zero-order valence-corrected chi connectivity index (χ0v) is 11.2. The molecule has 0 radical (unpaired) electrons. The fourth-order valence-corrected chi connectivity index (χ4v) is 2.39. The lowest BCUT2D eigenvalue weighted by Crippen LogP contribution is -2.18. The van der Waals surface area contributed by atoms with E-state index in [1.165, 1.54) is 18.2 Å². The fraction of sp³-hybridized carbons (Fsp3) is 0.429. The van der Waals surface area contributed by atoms with Gasteiger partial charge in [0.1, 0.15) is 0 Å². The molecule has 0 aliphatic heterocycles.